The number of benzene rings is 1. The zero-order valence-electron chi connectivity index (χ0n) is 9.90. The molecule has 1 saturated heterocycles. The number of para-hydroxylation sites is 1. The molecule has 2 rings (SSSR count). The number of nitro benzene ring substituents is 1. The van der Waals surface area contributed by atoms with Crippen molar-refractivity contribution in [1.82, 2.24) is 4.31 Å². The first-order valence-corrected chi connectivity index (χ1v) is 6.43. The summed E-state index contributed by atoms with van der Waals surface area (Å²) >= 11 is 1.24. The molecular weight excluding hydrogens is 256 g/mol. The number of nitrogens with zero attached hydrogens (tertiary/aromatic N) is 2. The number of carbonyl (C=O) groups excluding carboxylic acids is 1. The third-order valence-electron chi connectivity index (χ3n) is 2.90. The molecule has 0 unspecified atom stereocenters. The van der Waals surface area contributed by atoms with Crippen molar-refractivity contribution in [3.05, 3.63) is 39.9 Å². The Bertz CT molecular complexity index is 480. The number of ether oxygens (including phenoxy) is 1. The molecule has 0 aromatic heterocycles. The van der Waals surface area contributed by atoms with E-state index in [4.69, 9.17) is 4.74 Å². The highest BCUT2D eigenvalue weighted by atomic mass is 32.2. The van der Waals surface area contributed by atoms with Gasteiger partial charge in [0.15, 0.2) is 6.10 Å². The fraction of sp³-hybridized carbons (Fsp3) is 0.364. The van der Waals surface area contributed by atoms with Gasteiger partial charge in [-0.2, -0.15) is 0 Å². The van der Waals surface area contributed by atoms with Crippen LogP contribution in [-0.2, 0) is 9.53 Å². The smallest absolute Gasteiger partial charge is 0.274 e. The van der Waals surface area contributed by atoms with Gasteiger partial charge in [0.1, 0.15) is 6.04 Å². The van der Waals surface area contributed by atoms with Crippen molar-refractivity contribution in [3.8, 4) is 0 Å². The Morgan fingerprint density at radius 1 is 1.44 bits per heavy atom. The lowest BCUT2D eigenvalue weighted by Gasteiger charge is -2.44. The van der Waals surface area contributed by atoms with Crippen molar-refractivity contribution in [3.63, 3.8) is 0 Å². The van der Waals surface area contributed by atoms with Crippen LogP contribution in [0.15, 0.2) is 24.3 Å². The van der Waals surface area contributed by atoms with Gasteiger partial charge in [-0.05, 0) is 6.07 Å². The van der Waals surface area contributed by atoms with Crippen molar-refractivity contribution in [2.45, 2.75) is 12.1 Å². The fourth-order valence-corrected chi connectivity index (χ4v) is 2.80. The number of hydrogen-bond acceptors (Lipinski definition) is 5. The Morgan fingerprint density at radius 2 is 2.11 bits per heavy atom. The Labute approximate surface area is 108 Å². The van der Waals surface area contributed by atoms with E-state index in [1.165, 1.54) is 29.4 Å². The molecule has 1 aromatic rings. The van der Waals surface area contributed by atoms with Crippen LogP contribution in [0.2, 0.25) is 0 Å². The second-order valence-electron chi connectivity index (χ2n) is 3.76. The molecule has 7 heteroatoms. The van der Waals surface area contributed by atoms with Gasteiger partial charge in [0.2, 0.25) is 0 Å². The van der Waals surface area contributed by atoms with Gasteiger partial charge in [-0.25, -0.2) is 0 Å². The van der Waals surface area contributed by atoms with Crippen molar-refractivity contribution in [2.24, 2.45) is 0 Å². The van der Waals surface area contributed by atoms with Gasteiger partial charge in [-0.3, -0.25) is 19.2 Å². The van der Waals surface area contributed by atoms with Gasteiger partial charge >= 0.3 is 0 Å². The summed E-state index contributed by atoms with van der Waals surface area (Å²) in [5.74, 6) is -0.159. The monoisotopic (exact) mass is 268 g/mol. The molecule has 1 aliphatic heterocycles. The van der Waals surface area contributed by atoms with Crippen LogP contribution in [0.4, 0.5) is 5.69 Å². The summed E-state index contributed by atoms with van der Waals surface area (Å²) in [4.78, 5) is 22.3. The molecule has 2 atom stereocenters. The van der Waals surface area contributed by atoms with Crippen molar-refractivity contribution in [1.29, 1.82) is 0 Å². The lowest BCUT2D eigenvalue weighted by atomic mass is 9.92. The van der Waals surface area contributed by atoms with E-state index in [9.17, 15) is 14.9 Å². The summed E-state index contributed by atoms with van der Waals surface area (Å²) in [6, 6.07) is 6.01. The first-order valence-electron chi connectivity index (χ1n) is 5.25. The third kappa shape index (κ3) is 1.85. The number of amides is 1. The number of carbonyl (C=O) groups is 1. The molecule has 0 bridgehead atoms. The van der Waals surface area contributed by atoms with E-state index >= 15 is 0 Å². The predicted molar refractivity (Wildman–Crippen MR) is 67.0 cm³/mol. The maximum absolute atomic E-state index is 11.7. The molecule has 96 valence electrons. The lowest BCUT2D eigenvalue weighted by molar-refractivity contribution is -0.386. The Balaban J connectivity index is 2.41. The average molecular weight is 268 g/mol. The summed E-state index contributed by atoms with van der Waals surface area (Å²) in [6.45, 7) is 0. The first kappa shape index (κ1) is 12.8. The van der Waals surface area contributed by atoms with Crippen LogP contribution in [-0.4, -0.2) is 34.6 Å². The van der Waals surface area contributed by atoms with Gasteiger partial charge in [0, 0.05) is 19.4 Å². The molecule has 6 nitrogen and oxygen atoms in total. The molecule has 1 aromatic carbocycles. The van der Waals surface area contributed by atoms with Crippen molar-refractivity contribution < 1.29 is 14.5 Å². The van der Waals surface area contributed by atoms with Crippen LogP contribution in [0.3, 0.4) is 0 Å². The molecule has 1 aliphatic rings. The van der Waals surface area contributed by atoms with Crippen LogP contribution in [0.25, 0.3) is 0 Å². The van der Waals surface area contributed by atoms with E-state index in [-0.39, 0.29) is 11.6 Å². The van der Waals surface area contributed by atoms with E-state index in [1.54, 1.807) is 24.5 Å². The SMILES string of the molecule is CO[C@H]1C(=O)N(SC)[C@H]1c1ccccc1[N+](=O)[O-]. The molecule has 18 heavy (non-hydrogen) atoms. The summed E-state index contributed by atoms with van der Waals surface area (Å²) < 4.78 is 6.60. The van der Waals surface area contributed by atoms with Gasteiger partial charge in [0.05, 0.1) is 10.5 Å². The third-order valence-corrected chi connectivity index (χ3v) is 3.70. The molecule has 0 saturated carbocycles. The number of hydrogen-bond donors (Lipinski definition) is 0. The second kappa shape index (κ2) is 4.95. The highest BCUT2D eigenvalue weighted by Crippen LogP contribution is 2.43. The molecular formula is C11H12N2O4S. The summed E-state index contributed by atoms with van der Waals surface area (Å²) in [5, 5.41) is 11.0. The standard InChI is InChI=1S/C11H12N2O4S/c1-17-10-9(12(18-2)11(10)14)7-5-3-4-6-8(7)13(15)16/h3-6,9-10H,1-2H3/t9-,10+/m0/s1. The summed E-state index contributed by atoms with van der Waals surface area (Å²) in [6.07, 6.45) is 1.12. The topological polar surface area (TPSA) is 72.7 Å². The predicted octanol–water partition coefficient (Wildman–Crippen LogP) is 1.77. The van der Waals surface area contributed by atoms with Crippen LogP contribution in [0.5, 0.6) is 0 Å². The zero-order chi connectivity index (χ0) is 13.3. The number of methoxy groups -OCH3 is 1. The Hall–Kier alpha value is -1.60. The van der Waals surface area contributed by atoms with E-state index in [0.717, 1.165) is 0 Å². The highest BCUT2D eigenvalue weighted by molar-refractivity contribution is 7.96. The summed E-state index contributed by atoms with van der Waals surface area (Å²) in [5.41, 5.74) is 0.513. The minimum absolute atomic E-state index is 0.0103. The van der Waals surface area contributed by atoms with Crippen LogP contribution < -0.4 is 0 Å². The Morgan fingerprint density at radius 3 is 2.67 bits per heavy atom. The molecule has 0 N–H and O–H groups in total. The van der Waals surface area contributed by atoms with E-state index < -0.39 is 17.1 Å². The van der Waals surface area contributed by atoms with Crippen molar-refractivity contribution >= 4 is 23.5 Å². The maximum Gasteiger partial charge on any atom is 0.274 e. The van der Waals surface area contributed by atoms with Gasteiger partial charge in [-0.1, -0.05) is 24.1 Å². The Kier molecular flexibility index (Phi) is 3.53. The largest absolute Gasteiger partial charge is 0.369 e. The van der Waals surface area contributed by atoms with E-state index in [2.05, 4.69) is 0 Å². The fourth-order valence-electron chi connectivity index (χ4n) is 2.06. The van der Waals surface area contributed by atoms with Gasteiger partial charge in [-0.15, -0.1) is 0 Å². The molecule has 1 amide bonds. The van der Waals surface area contributed by atoms with E-state index in [1.807, 2.05) is 0 Å². The molecule has 1 heterocycles. The van der Waals surface area contributed by atoms with Gasteiger partial charge < -0.3 is 4.74 Å². The molecule has 0 aliphatic carbocycles. The first-order chi connectivity index (χ1) is 8.61. The summed E-state index contributed by atoms with van der Waals surface area (Å²) in [7, 11) is 1.43. The number of rotatable bonds is 4. The highest BCUT2D eigenvalue weighted by Gasteiger charge is 2.50. The van der Waals surface area contributed by atoms with Crippen LogP contribution >= 0.6 is 11.9 Å². The quantitative estimate of drug-likeness (QED) is 0.360. The van der Waals surface area contributed by atoms with Crippen LogP contribution in [0, 0.1) is 10.1 Å². The second-order valence-corrected chi connectivity index (χ2v) is 4.52. The van der Waals surface area contributed by atoms with Gasteiger partial charge in [0.25, 0.3) is 11.6 Å². The van der Waals surface area contributed by atoms with Crippen LogP contribution in [0.1, 0.15) is 11.6 Å². The minimum atomic E-state index is -0.640. The number of nitro groups is 1. The molecule has 1 fully saturated rings. The zero-order valence-corrected chi connectivity index (χ0v) is 10.7. The minimum Gasteiger partial charge on any atom is -0.369 e. The maximum atomic E-state index is 11.7. The number of β-lactam (4-membered cyclic amide) rings is 1. The normalized spacial score (nSPS) is 22.8. The molecule has 0 radical (unpaired) electrons. The van der Waals surface area contributed by atoms with Crippen molar-refractivity contribution in [2.75, 3.05) is 13.4 Å². The lowest BCUT2D eigenvalue weighted by Crippen LogP contribution is -2.56. The average Bonchev–Trinajstić information content (AvgIpc) is 2.36. The molecule has 0 spiro atoms. The van der Waals surface area contributed by atoms with E-state index in [0.29, 0.717) is 5.56 Å².